The van der Waals surface area contributed by atoms with Crippen LogP contribution in [-0.2, 0) is 4.79 Å². The lowest BCUT2D eigenvalue weighted by Gasteiger charge is -2.27. The van der Waals surface area contributed by atoms with E-state index in [0.29, 0.717) is 13.0 Å². The van der Waals surface area contributed by atoms with Crippen molar-refractivity contribution in [2.24, 2.45) is 5.92 Å². The van der Waals surface area contributed by atoms with Gasteiger partial charge in [-0.15, -0.1) is 0 Å². The first kappa shape index (κ1) is 19.6. The molecule has 0 atom stereocenters. The number of aromatic nitrogens is 1. The molecule has 3 rings (SSSR count). The first-order valence-corrected chi connectivity index (χ1v) is 8.43. The number of pyridine rings is 1. The van der Waals surface area contributed by atoms with E-state index in [9.17, 15) is 9.59 Å². The quantitative estimate of drug-likeness (QED) is 0.845. The summed E-state index contributed by atoms with van der Waals surface area (Å²) in [7, 11) is 0. The lowest BCUT2D eigenvalue weighted by molar-refractivity contribution is -0.120. The zero-order valence-electron chi connectivity index (χ0n) is 15.2. The van der Waals surface area contributed by atoms with E-state index in [1.165, 1.54) is 0 Å². The topological polar surface area (TPSA) is 62.3 Å². The van der Waals surface area contributed by atoms with Gasteiger partial charge < -0.3 is 0 Å². The normalized spacial score (nSPS) is 13.7. The van der Waals surface area contributed by atoms with Crippen molar-refractivity contribution < 1.29 is 9.59 Å². The standard InChI is InChI=1S/C13H11N3O2.C4H10.C2H6/c17-12-5-6-16(13(18)15-12)11-8-14-7-9-3-1-2-4-10(9)11;1-4(2)3;1-2/h1-4,7-8H,5-6H2,(H,15,17,18);4H,1-3H3;1-2H3. The van der Waals surface area contributed by atoms with Crippen LogP contribution in [-0.4, -0.2) is 23.5 Å². The van der Waals surface area contributed by atoms with Crippen LogP contribution >= 0.6 is 0 Å². The van der Waals surface area contributed by atoms with Crippen LogP contribution in [0.15, 0.2) is 36.7 Å². The second-order valence-corrected chi connectivity index (χ2v) is 5.87. The number of hydrogen-bond donors (Lipinski definition) is 1. The number of nitrogens with one attached hydrogen (secondary N) is 1. The summed E-state index contributed by atoms with van der Waals surface area (Å²) >= 11 is 0. The monoisotopic (exact) mass is 329 g/mol. The minimum Gasteiger partial charge on any atom is -0.291 e. The minimum absolute atomic E-state index is 0.232. The van der Waals surface area contributed by atoms with E-state index in [1.807, 2.05) is 38.1 Å². The predicted molar refractivity (Wildman–Crippen MR) is 99.1 cm³/mol. The van der Waals surface area contributed by atoms with Crippen LogP contribution < -0.4 is 10.2 Å². The summed E-state index contributed by atoms with van der Waals surface area (Å²) in [6.07, 6.45) is 3.72. The fourth-order valence-corrected chi connectivity index (χ4v) is 2.11. The molecule has 5 heteroatoms. The van der Waals surface area contributed by atoms with Gasteiger partial charge in [0.15, 0.2) is 0 Å². The molecule has 1 N–H and O–H groups in total. The number of carbonyl (C=O) groups excluding carboxylic acids is 2. The van der Waals surface area contributed by atoms with Crippen LogP contribution in [0.2, 0.25) is 0 Å². The zero-order chi connectivity index (χ0) is 18.1. The highest BCUT2D eigenvalue weighted by Crippen LogP contribution is 2.26. The molecule has 1 saturated heterocycles. The third kappa shape index (κ3) is 5.33. The molecule has 0 saturated carbocycles. The number of anilines is 1. The molecule has 0 spiro atoms. The van der Waals surface area contributed by atoms with Gasteiger partial charge in [-0.25, -0.2) is 4.79 Å². The van der Waals surface area contributed by atoms with Gasteiger partial charge in [0.1, 0.15) is 0 Å². The molecule has 0 unspecified atom stereocenters. The first-order chi connectivity index (χ1) is 11.5. The van der Waals surface area contributed by atoms with E-state index in [4.69, 9.17) is 0 Å². The fourth-order valence-electron chi connectivity index (χ4n) is 2.11. The van der Waals surface area contributed by atoms with Gasteiger partial charge in [-0.2, -0.15) is 0 Å². The van der Waals surface area contributed by atoms with Crippen molar-refractivity contribution >= 4 is 28.4 Å². The van der Waals surface area contributed by atoms with Crippen LogP contribution in [0.4, 0.5) is 10.5 Å². The Bertz CT molecular complexity index is 675. The molecule has 3 amide bonds. The molecule has 1 fully saturated rings. The van der Waals surface area contributed by atoms with Crippen molar-refractivity contribution in [3.8, 4) is 0 Å². The highest BCUT2D eigenvalue weighted by molar-refractivity contribution is 6.09. The van der Waals surface area contributed by atoms with E-state index >= 15 is 0 Å². The van der Waals surface area contributed by atoms with Crippen molar-refractivity contribution in [2.75, 3.05) is 11.4 Å². The molecule has 130 valence electrons. The summed E-state index contributed by atoms with van der Waals surface area (Å²) in [6, 6.07) is 7.34. The third-order valence-electron chi connectivity index (χ3n) is 2.99. The molecule has 1 aromatic carbocycles. The van der Waals surface area contributed by atoms with Crippen LogP contribution in [0.3, 0.4) is 0 Å². The average Bonchev–Trinajstić information content (AvgIpc) is 2.56. The minimum atomic E-state index is -0.385. The number of urea groups is 1. The third-order valence-corrected chi connectivity index (χ3v) is 2.99. The Morgan fingerprint density at radius 2 is 1.71 bits per heavy atom. The van der Waals surface area contributed by atoms with E-state index in [-0.39, 0.29) is 11.9 Å². The summed E-state index contributed by atoms with van der Waals surface area (Å²) in [4.78, 5) is 28.6. The molecule has 0 radical (unpaired) electrons. The number of nitrogens with zero attached hydrogens (tertiary/aromatic N) is 2. The molecule has 5 nitrogen and oxygen atoms in total. The molecular formula is C19H27N3O2. The van der Waals surface area contributed by atoms with E-state index < -0.39 is 0 Å². The van der Waals surface area contributed by atoms with Crippen molar-refractivity contribution in [3.63, 3.8) is 0 Å². The molecule has 24 heavy (non-hydrogen) atoms. The second kappa shape index (κ2) is 9.65. The van der Waals surface area contributed by atoms with E-state index in [2.05, 4.69) is 31.1 Å². The van der Waals surface area contributed by atoms with Gasteiger partial charge >= 0.3 is 6.03 Å². The molecule has 1 aromatic heterocycles. The Kier molecular flexibility index (Phi) is 7.89. The summed E-state index contributed by atoms with van der Waals surface area (Å²) in [6.45, 7) is 10.9. The van der Waals surface area contributed by atoms with Gasteiger partial charge in [-0.3, -0.25) is 20.0 Å². The smallest absolute Gasteiger partial charge is 0.291 e. The molecule has 0 bridgehead atoms. The van der Waals surface area contributed by atoms with Crippen LogP contribution in [0.25, 0.3) is 10.8 Å². The van der Waals surface area contributed by atoms with Crippen molar-refractivity contribution in [1.29, 1.82) is 0 Å². The SMILES string of the molecule is CC.CC(C)C.O=C1CCN(c2cncc3ccccc23)C(=O)N1. The predicted octanol–water partition coefficient (Wildman–Crippen LogP) is 4.37. The first-order valence-electron chi connectivity index (χ1n) is 8.43. The van der Waals surface area contributed by atoms with Crippen molar-refractivity contribution in [2.45, 2.75) is 41.0 Å². The van der Waals surface area contributed by atoms with Gasteiger partial charge in [0, 0.05) is 29.9 Å². The summed E-state index contributed by atoms with van der Waals surface area (Å²) in [5.74, 6) is 0.601. The number of fused-ring (bicyclic) bond motifs is 1. The molecule has 1 aliphatic heterocycles. The maximum Gasteiger partial charge on any atom is 0.328 e. The summed E-state index contributed by atoms with van der Waals surface area (Å²) in [5.41, 5.74) is 0.734. The fraction of sp³-hybridized carbons (Fsp3) is 0.421. The maximum atomic E-state index is 11.8. The highest BCUT2D eigenvalue weighted by atomic mass is 16.2. The van der Waals surface area contributed by atoms with E-state index in [1.54, 1.807) is 17.3 Å². The van der Waals surface area contributed by atoms with Crippen molar-refractivity contribution in [1.82, 2.24) is 10.3 Å². The highest BCUT2D eigenvalue weighted by Gasteiger charge is 2.25. The lowest BCUT2D eigenvalue weighted by Crippen LogP contribution is -2.49. The molecule has 1 aliphatic rings. The number of benzene rings is 1. The number of carbonyl (C=O) groups is 2. The Labute approximate surface area is 144 Å². The van der Waals surface area contributed by atoms with Gasteiger partial charge in [0.2, 0.25) is 5.91 Å². The second-order valence-electron chi connectivity index (χ2n) is 5.87. The Hall–Kier alpha value is -2.43. The van der Waals surface area contributed by atoms with E-state index in [0.717, 1.165) is 22.4 Å². The lowest BCUT2D eigenvalue weighted by atomic mass is 10.1. The number of imide groups is 1. The zero-order valence-corrected chi connectivity index (χ0v) is 15.2. The average molecular weight is 329 g/mol. The van der Waals surface area contributed by atoms with Gasteiger partial charge in [-0.1, -0.05) is 58.9 Å². The molecule has 0 aliphatic carbocycles. The molecule has 2 heterocycles. The van der Waals surface area contributed by atoms with Crippen LogP contribution in [0, 0.1) is 5.92 Å². The van der Waals surface area contributed by atoms with Crippen molar-refractivity contribution in [3.05, 3.63) is 36.7 Å². The molecule has 2 aromatic rings. The van der Waals surface area contributed by atoms with Gasteiger partial charge in [-0.05, 0) is 5.92 Å². The largest absolute Gasteiger partial charge is 0.328 e. The maximum absolute atomic E-state index is 11.8. The van der Waals surface area contributed by atoms with Crippen LogP contribution in [0.5, 0.6) is 0 Å². The number of hydrogen-bond acceptors (Lipinski definition) is 3. The number of amides is 3. The number of rotatable bonds is 1. The Balaban J connectivity index is 0.000000423. The van der Waals surface area contributed by atoms with Gasteiger partial charge in [0.05, 0.1) is 11.9 Å². The summed E-state index contributed by atoms with van der Waals surface area (Å²) in [5, 5.41) is 4.24. The summed E-state index contributed by atoms with van der Waals surface area (Å²) < 4.78 is 0. The van der Waals surface area contributed by atoms with Gasteiger partial charge in [0.25, 0.3) is 0 Å². The Morgan fingerprint density at radius 1 is 1.08 bits per heavy atom. The van der Waals surface area contributed by atoms with Crippen LogP contribution in [0.1, 0.15) is 41.0 Å². The Morgan fingerprint density at radius 3 is 2.33 bits per heavy atom. The molecular weight excluding hydrogens is 302 g/mol.